The highest BCUT2D eigenvalue weighted by atomic mass is 19.1. The Hall–Kier alpha value is -0.600. The van der Waals surface area contributed by atoms with Gasteiger partial charge in [0.1, 0.15) is 5.84 Å². The molecule has 0 rings (SSSR count). The molecular formula is C4H9FN2. The van der Waals surface area contributed by atoms with E-state index in [4.69, 9.17) is 5.73 Å². The largest absolute Gasteiger partial charge is 0.385 e. The number of alkyl halides is 1. The normalized spacial score (nSPS) is 16.7. The van der Waals surface area contributed by atoms with Crippen molar-refractivity contribution in [1.82, 2.24) is 0 Å². The van der Waals surface area contributed by atoms with Gasteiger partial charge in [0.2, 0.25) is 0 Å². The summed E-state index contributed by atoms with van der Waals surface area (Å²) in [5.41, 5.74) is 4.99. The topological polar surface area (TPSA) is 38.4 Å². The first kappa shape index (κ1) is 6.40. The Morgan fingerprint density at radius 2 is 2.29 bits per heavy atom. The molecule has 7 heavy (non-hydrogen) atoms. The molecule has 0 amide bonds. The van der Waals surface area contributed by atoms with E-state index in [1.807, 2.05) is 0 Å². The molecule has 1 unspecified atom stereocenters. The lowest BCUT2D eigenvalue weighted by atomic mass is 10.4. The molecule has 0 bridgehead atoms. The van der Waals surface area contributed by atoms with Crippen LogP contribution in [0.15, 0.2) is 4.99 Å². The van der Waals surface area contributed by atoms with Crippen molar-refractivity contribution in [2.75, 3.05) is 7.05 Å². The summed E-state index contributed by atoms with van der Waals surface area (Å²) >= 11 is 0. The van der Waals surface area contributed by atoms with Crippen molar-refractivity contribution in [1.29, 1.82) is 0 Å². The molecule has 0 aliphatic heterocycles. The van der Waals surface area contributed by atoms with Gasteiger partial charge in [-0.25, -0.2) is 4.39 Å². The van der Waals surface area contributed by atoms with Gasteiger partial charge < -0.3 is 5.73 Å². The van der Waals surface area contributed by atoms with Crippen molar-refractivity contribution in [2.45, 2.75) is 13.1 Å². The average Bonchev–Trinajstić information content (AvgIpc) is 1.65. The lowest BCUT2D eigenvalue weighted by Crippen LogP contribution is -2.21. The molecule has 42 valence electrons. The molecule has 0 aromatic heterocycles. The summed E-state index contributed by atoms with van der Waals surface area (Å²) in [5.74, 6) is 0.0556. The fraction of sp³-hybridized carbons (Fsp3) is 0.750. The van der Waals surface area contributed by atoms with Crippen LogP contribution in [0, 0.1) is 0 Å². The highest BCUT2D eigenvalue weighted by molar-refractivity contribution is 5.84. The van der Waals surface area contributed by atoms with Gasteiger partial charge in [0.05, 0.1) is 0 Å². The van der Waals surface area contributed by atoms with E-state index < -0.39 is 6.17 Å². The van der Waals surface area contributed by atoms with Gasteiger partial charge in [-0.2, -0.15) is 0 Å². The molecule has 0 aliphatic carbocycles. The van der Waals surface area contributed by atoms with Gasteiger partial charge in [0, 0.05) is 7.05 Å². The number of hydrogen-bond acceptors (Lipinski definition) is 1. The first-order chi connectivity index (χ1) is 3.18. The van der Waals surface area contributed by atoms with E-state index >= 15 is 0 Å². The first-order valence-corrected chi connectivity index (χ1v) is 2.04. The number of nitrogens with zero attached hydrogens (tertiary/aromatic N) is 1. The fourth-order valence-electron chi connectivity index (χ4n) is 0.178. The number of amidine groups is 1. The summed E-state index contributed by atoms with van der Waals surface area (Å²) < 4.78 is 11.8. The van der Waals surface area contributed by atoms with Crippen molar-refractivity contribution in [3.8, 4) is 0 Å². The molecule has 0 spiro atoms. The maximum absolute atomic E-state index is 11.8. The third kappa shape index (κ3) is 2.14. The van der Waals surface area contributed by atoms with E-state index in [0.717, 1.165) is 0 Å². The zero-order chi connectivity index (χ0) is 5.86. The highest BCUT2D eigenvalue weighted by Gasteiger charge is 1.98. The van der Waals surface area contributed by atoms with Crippen LogP contribution >= 0.6 is 0 Å². The number of rotatable bonds is 1. The number of hydrogen-bond donors (Lipinski definition) is 1. The van der Waals surface area contributed by atoms with Gasteiger partial charge in [-0.1, -0.05) is 0 Å². The molecular weight excluding hydrogens is 95.1 g/mol. The van der Waals surface area contributed by atoms with Crippen LogP contribution in [0.5, 0.6) is 0 Å². The summed E-state index contributed by atoms with van der Waals surface area (Å²) in [5, 5.41) is 0. The predicted molar refractivity (Wildman–Crippen MR) is 28.1 cm³/mol. The van der Waals surface area contributed by atoms with Crippen LogP contribution in [0.2, 0.25) is 0 Å². The molecule has 0 fully saturated rings. The van der Waals surface area contributed by atoms with Crippen molar-refractivity contribution in [2.24, 2.45) is 10.7 Å². The lowest BCUT2D eigenvalue weighted by Gasteiger charge is -1.95. The van der Waals surface area contributed by atoms with Gasteiger partial charge >= 0.3 is 0 Å². The maximum atomic E-state index is 11.8. The van der Waals surface area contributed by atoms with Crippen molar-refractivity contribution < 1.29 is 4.39 Å². The second-order valence-electron chi connectivity index (χ2n) is 1.26. The zero-order valence-corrected chi connectivity index (χ0v) is 4.48. The highest BCUT2D eigenvalue weighted by Crippen LogP contribution is 1.84. The van der Waals surface area contributed by atoms with Gasteiger partial charge in [-0.3, -0.25) is 4.99 Å². The average molecular weight is 104 g/mol. The number of halogens is 1. The summed E-state index contributed by atoms with van der Waals surface area (Å²) in [4.78, 5) is 3.41. The van der Waals surface area contributed by atoms with E-state index in [0.29, 0.717) is 0 Å². The van der Waals surface area contributed by atoms with E-state index in [1.165, 1.54) is 14.0 Å². The van der Waals surface area contributed by atoms with Gasteiger partial charge in [0.25, 0.3) is 0 Å². The van der Waals surface area contributed by atoms with Gasteiger partial charge in [0.15, 0.2) is 6.17 Å². The molecule has 2 nitrogen and oxygen atoms in total. The van der Waals surface area contributed by atoms with Gasteiger partial charge in [-0.15, -0.1) is 0 Å². The van der Waals surface area contributed by atoms with E-state index in [1.54, 1.807) is 0 Å². The maximum Gasteiger partial charge on any atom is 0.154 e. The Bertz CT molecular complexity index is 77.8. The minimum atomic E-state index is -1.11. The van der Waals surface area contributed by atoms with Crippen LogP contribution in [-0.2, 0) is 0 Å². The standard InChI is InChI=1S/C4H9FN2/c1-3(5)4(6)7-2/h3H,1-2H3,(H2,6,7). The lowest BCUT2D eigenvalue weighted by molar-refractivity contribution is 0.451. The quantitative estimate of drug-likeness (QED) is 0.378. The second kappa shape index (κ2) is 2.55. The Morgan fingerprint density at radius 3 is 2.29 bits per heavy atom. The summed E-state index contributed by atoms with van der Waals surface area (Å²) in [7, 11) is 1.46. The van der Waals surface area contributed by atoms with Crippen molar-refractivity contribution in [3.63, 3.8) is 0 Å². The third-order valence-corrected chi connectivity index (χ3v) is 0.666. The van der Waals surface area contributed by atoms with Crippen LogP contribution in [-0.4, -0.2) is 19.1 Å². The third-order valence-electron chi connectivity index (χ3n) is 0.666. The molecule has 0 aliphatic rings. The Labute approximate surface area is 42.2 Å². The molecule has 2 N–H and O–H groups in total. The monoisotopic (exact) mass is 104 g/mol. The molecule has 0 aromatic carbocycles. The Kier molecular flexibility index (Phi) is 2.33. The smallest absolute Gasteiger partial charge is 0.154 e. The van der Waals surface area contributed by atoms with E-state index in [9.17, 15) is 4.39 Å². The number of aliphatic imine (C=N–C) groups is 1. The van der Waals surface area contributed by atoms with Crippen LogP contribution in [0.25, 0.3) is 0 Å². The molecule has 0 saturated heterocycles. The predicted octanol–water partition coefficient (Wildman–Crippen LogP) is 0.331. The van der Waals surface area contributed by atoms with Crippen LogP contribution in [0.3, 0.4) is 0 Å². The minimum Gasteiger partial charge on any atom is -0.385 e. The first-order valence-electron chi connectivity index (χ1n) is 2.04. The van der Waals surface area contributed by atoms with Crippen LogP contribution in [0.1, 0.15) is 6.92 Å². The molecule has 0 heterocycles. The SMILES string of the molecule is CN=C(N)C(C)F. The molecule has 1 atom stereocenters. The van der Waals surface area contributed by atoms with E-state index in [2.05, 4.69) is 4.99 Å². The van der Waals surface area contributed by atoms with Crippen molar-refractivity contribution >= 4 is 5.84 Å². The van der Waals surface area contributed by atoms with Crippen LogP contribution < -0.4 is 5.73 Å². The van der Waals surface area contributed by atoms with E-state index in [-0.39, 0.29) is 5.84 Å². The fourth-order valence-corrected chi connectivity index (χ4v) is 0.178. The Morgan fingerprint density at radius 1 is 1.86 bits per heavy atom. The second-order valence-corrected chi connectivity index (χ2v) is 1.26. The van der Waals surface area contributed by atoms with Gasteiger partial charge in [-0.05, 0) is 6.92 Å². The summed E-state index contributed by atoms with van der Waals surface area (Å²) in [6.45, 7) is 1.35. The molecule has 0 saturated carbocycles. The summed E-state index contributed by atoms with van der Waals surface area (Å²) in [6.07, 6.45) is -1.11. The zero-order valence-electron chi connectivity index (χ0n) is 4.48. The summed E-state index contributed by atoms with van der Waals surface area (Å²) in [6, 6.07) is 0. The van der Waals surface area contributed by atoms with Crippen molar-refractivity contribution in [3.05, 3.63) is 0 Å². The minimum absolute atomic E-state index is 0.0556. The molecule has 3 heteroatoms. The van der Waals surface area contributed by atoms with Crippen LogP contribution in [0.4, 0.5) is 4.39 Å². The molecule has 0 aromatic rings. The number of nitrogens with two attached hydrogens (primary N) is 1. The Balaban J connectivity index is 3.56. The molecule has 0 radical (unpaired) electrons.